The molecule has 0 amide bonds. The van der Waals surface area contributed by atoms with E-state index in [9.17, 15) is 4.79 Å². The molecule has 0 unspecified atom stereocenters. The van der Waals surface area contributed by atoms with Crippen LogP contribution in [0.15, 0.2) is 28.7 Å². The Kier molecular flexibility index (Phi) is 3.51. The molecule has 0 atom stereocenters. The van der Waals surface area contributed by atoms with Crippen LogP contribution in [0.25, 0.3) is 6.08 Å². The largest absolute Gasteiger partial charge is 0.478 e. The summed E-state index contributed by atoms with van der Waals surface area (Å²) >= 11 is 9.08. The number of aliphatic carboxylic acids is 1. The molecule has 1 N–H and O–H groups in total. The van der Waals surface area contributed by atoms with Crippen molar-refractivity contribution in [3.8, 4) is 0 Å². The van der Waals surface area contributed by atoms with Gasteiger partial charge in [0, 0.05) is 15.6 Å². The molecule has 0 aromatic heterocycles. The first kappa shape index (κ1) is 10.3. The maximum atomic E-state index is 10.2. The average Bonchev–Trinajstić information content (AvgIpc) is 2.06. The highest BCUT2D eigenvalue weighted by Gasteiger charge is 1.97. The summed E-state index contributed by atoms with van der Waals surface area (Å²) in [6, 6.07) is 5.25. The van der Waals surface area contributed by atoms with Crippen LogP contribution >= 0.6 is 27.5 Å². The summed E-state index contributed by atoms with van der Waals surface area (Å²) in [5.74, 6) is -0.990. The number of carboxylic acids is 1. The summed E-state index contributed by atoms with van der Waals surface area (Å²) in [5.41, 5.74) is 0.679. The van der Waals surface area contributed by atoms with Crippen LogP contribution < -0.4 is 0 Å². The van der Waals surface area contributed by atoms with Gasteiger partial charge < -0.3 is 5.11 Å². The van der Waals surface area contributed by atoms with Crippen LogP contribution in [0.3, 0.4) is 0 Å². The number of hydrogen-bond acceptors (Lipinski definition) is 1. The summed E-state index contributed by atoms with van der Waals surface area (Å²) in [6.45, 7) is 0. The molecular weight excluding hydrogens is 255 g/mol. The van der Waals surface area contributed by atoms with Crippen molar-refractivity contribution in [1.29, 1.82) is 0 Å². The summed E-state index contributed by atoms with van der Waals surface area (Å²) in [6.07, 6.45) is 2.50. The van der Waals surface area contributed by atoms with Crippen molar-refractivity contribution in [3.63, 3.8) is 0 Å². The van der Waals surface area contributed by atoms with E-state index in [2.05, 4.69) is 15.9 Å². The zero-order valence-corrected chi connectivity index (χ0v) is 8.84. The molecule has 0 saturated carbocycles. The molecule has 68 valence electrons. The Labute approximate surface area is 89.0 Å². The minimum absolute atomic E-state index is 0.528. The van der Waals surface area contributed by atoms with Gasteiger partial charge in [-0.25, -0.2) is 4.79 Å². The second-order valence-electron chi connectivity index (χ2n) is 2.34. The number of benzene rings is 1. The Morgan fingerprint density at radius 1 is 1.54 bits per heavy atom. The number of hydrogen-bond donors (Lipinski definition) is 1. The van der Waals surface area contributed by atoms with Crippen LogP contribution in [-0.4, -0.2) is 11.1 Å². The van der Waals surface area contributed by atoms with E-state index in [-0.39, 0.29) is 0 Å². The van der Waals surface area contributed by atoms with Crippen molar-refractivity contribution in [1.82, 2.24) is 0 Å². The van der Waals surface area contributed by atoms with Gasteiger partial charge in [0.1, 0.15) is 0 Å². The Balaban J connectivity index is 3.00. The molecule has 0 aliphatic carbocycles. The number of carboxylic acid groups (broad SMARTS) is 1. The van der Waals surface area contributed by atoms with Gasteiger partial charge in [0.25, 0.3) is 0 Å². The molecule has 0 saturated heterocycles. The van der Waals surface area contributed by atoms with Crippen LogP contribution in [0.1, 0.15) is 5.56 Å². The Hall–Kier alpha value is -0.800. The van der Waals surface area contributed by atoms with Crippen molar-refractivity contribution in [2.24, 2.45) is 0 Å². The third kappa shape index (κ3) is 3.20. The SMILES string of the molecule is O=C(O)/C=C/c1cc(Br)ccc1Cl. The maximum absolute atomic E-state index is 10.2. The predicted octanol–water partition coefficient (Wildman–Crippen LogP) is 3.20. The first-order chi connectivity index (χ1) is 6.09. The zero-order chi connectivity index (χ0) is 9.84. The zero-order valence-electron chi connectivity index (χ0n) is 6.50. The van der Waals surface area contributed by atoms with Gasteiger partial charge in [0.2, 0.25) is 0 Å². The molecule has 1 aromatic carbocycles. The van der Waals surface area contributed by atoms with Gasteiger partial charge in [0.05, 0.1) is 0 Å². The van der Waals surface area contributed by atoms with E-state index in [0.29, 0.717) is 10.6 Å². The Morgan fingerprint density at radius 3 is 2.85 bits per heavy atom. The topological polar surface area (TPSA) is 37.3 Å². The highest BCUT2D eigenvalue weighted by Crippen LogP contribution is 2.21. The molecule has 4 heteroatoms. The van der Waals surface area contributed by atoms with Crippen LogP contribution in [-0.2, 0) is 4.79 Å². The van der Waals surface area contributed by atoms with Crippen molar-refractivity contribution in [2.75, 3.05) is 0 Å². The van der Waals surface area contributed by atoms with Gasteiger partial charge in [0.15, 0.2) is 0 Å². The van der Waals surface area contributed by atoms with E-state index in [1.807, 2.05) is 0 Å². The fraction of sp³-hybridized carbons (Fsp3) is 0. The minimum atomic E-state index is -0.990. The van der Waals surface area contributed by atoms with Gasteiger partial charge >= 0.3 is 5.97 Å². The second-order valence-corrected chi connectivity index (χ2v) is 3.66. The normalized spacial score (nSPS) is 10.6. The summed E-state index contributed by atoms with van der Waals surface area (Å²) < 4.78 is 0.863. The van der Waals surface area contributed by atoms with Gasteiger partial charge in [-0.05, 0) is 29.8 Å². The van der Waals surface area contributed by atoms with Crippen LogP contribution in [0, 0.1) is 0 Å². The second kappa shape index (κ2) is 4.44. The fourth-order valence-electron chi connectivity index (χ4n) is 0.803. The summed E-state index contributed by atoms with van der Waals surface area (Å²) in [5, 5.41) is 8.92. The molecule has 13 heavy (non-hydrogen) atoms. The van der Waals surface area contributed by atoms with E-state index in [1.54, 1.807) is 18.2 Å². The molecule has 0 fully saturated rings. The number of carbonyl (C=O) groups is 1. The summed E-state index contributed by atoms with van der Waals surface area (Å²) in [4.78, 5) is 10.2. The van der Waals surface area contributed by atoms with Crippen molar-refractivity contribution in [2.45, 2.75) is 0 Å². The summed E-state index contributed by atoms with van der Waals surface area (Å²) in [7, 11) is 0. The Morgan fingerprint density at radius 2 is 2.23 bits per heavy atom. The molecule has 0 aliphatic heterocycles. The lowest BCUT2D eigenvalue weighted by Gasteiger charge is -1.97. The lowest BCUT2D eigenvalue weighted by molar-refractivity contribution is -0.131. The van der Waals surface area contributed by atoms with Gasteiger partial charge in [-0.15, -0.1) is 0 Å². The standard InChI is InChI=1S/C9H6BrClO2/c10-7-2-3-8(11)6(5-7)1-4-9(12)13/h1-5H,(H,12,13)/b4-1+. The van der Waals surface area contributed by atoms with Crippen molar-refractivity contribution in [3.05, 3.63) is 39.3 Å². The van der Waals surface area contributed by atoms with E-state index < -0.39 is 5.97 Å². The maximum Gasteiger partial charge on any atom is 0.328 e. The molecular formula is C9H6BrClO2. The minimum Gasteiger partial charge on any atom is -0.478 e. The lowest BCUT2D eigenvalue weighted by Crippen LogP contribution is -1.86. The van der Waals surface area contributed by atoms with Gasteiger partial charge in [-0.3, -0.25) is 0 Å². The van der Waals surface area contributed by atoms with Crippen LogP contribution in [0.5, 0.6) is 0 Å². The first-order valence-corrected chi connectivity index (χ1v) is 4.63. The third-order valence-corrected chi connectivity index (χ3v) is 2.20. The van der Waals surface area contributed by atoms with Crippen molar-refractivity contribution < 1.29 is 9.90 Å². The molecule has 0 bridgehead atoms. The molecule has 0 radical (unpaired) electrons. The van der Waals surface area contributed by atoms with E-state index in [1.165, 1.54) is 6.08 Å². The molecule has 0 heterocycles. The highest BCUT2D eigenvalue weighted by molar-refractivity contribution is 9.10. The third-order valence-electron chi connectivity index (χ3n) is 1.36. The van der Waals surface area contributed by atoms with Crippen LogP contribution in [0.2, 0.25) is 5.02 Å². The smallest absolute Gasteiger partial charge is 0.328 e. The fourth-order valence-corrected chi connectivity index (χ4v) is 1.36. The molecule has 1 rings (SSSR count). The van der Waals surface area contributed by atoms with Gasteiger partial charge in [-0.2, -0.15) is 0 Å². The highest BCUT2D eigenvalue weighted by atomic mass is 79.9. The van der Waals surface area contributed by atoms with Gasteiger partial charge in [-0.1, -0.05) is 27.5 Å². The number of halogens is 2. The lowest BCUT2D eigenvalue weighted by atomic mass is 10.2. The average molecular weight is 262 g/mol. The molecule has 0 aliphatic rings. The molecule has 2 nitrogen and oxygen atoms in total. The van der Waals surface area contributed by atoms with E-state index >= 15 is 0 Å². The molecule has 1 aromatic rings. The number of rotatable bonds is 2. The predicted molar refractivity (Wildman–Crippen MR) is 55.8 cm³/mol. The quantitative estimate of drug-likeness (QED) is 0.830. The van der Waals surface area contributed by atoms with Crippen molar-refractivity contribution >= 4 is 39.6 Å². The monoisotopic (exact) mass is 260 g/mol. The first-order valence-electron chi connectivity index (χ1n) is 3.45. The van der Waals surface area contributed by atoms with E-state index in [0.717, 1.165) is 10.5 Å². The van der Waals surface area contributed by atoms with E-state index in [4.69, 9.17) is 16.7 Å². The van der Waals surface area contributed by atoms with Crippen LogP contribution in [0.4, 0.5) is 0 Å². The molecule has 0 spiro atoms. The Bertz CT molecular complexity index is 361.